The monoisotopic (exact) mass is 201 g/mol. The molecule has 0 spiro atoms. The molecule has 1 aromatic rings. The molecule has 0 heterocycles. The maximum Gasteiger partial charge on any atom is 0.148 e. The molecule has 0 fully saturated rings. The van der Waals surface area contributed by atoms with Crippen molar-refractivity contribution in [2.75, 3.05) is 4.98 Å². The summed E-state index contributed by atoms with van der Waals surface area (Å²) in [5, 5.41) is 0. The summed E-state index contributed by atoms with van der Waals surface area (Å²) >= 11 is 0. The van der Waals surface area contributed by atoms with E-state index >= 15 is 0 Å². The van der Waals surface area contributed by atoms with Gasteiger partial charge in [-0.25, -0.2) is 8.78 Å². The molecule has 1 N–H and O–H groups in total. The molecule has 0 atom stereocenters. The average Bonchev–Trinajstić information content (AvgIpc) is 1.95. The van der Waals surface area contributed by atoms with Crippen LogP contribution in [0.5, 0.6) is 0 Å². The van der Waals surface area contributed by atoms with E-state index in [2.05, 4.69) is 4.98 Å². The lowest BCUT2D eigenvalue weighted by Crippen LogP contribution is -2.33. The quantitative estimate of drug-likeness (QED) is 0.724. The molecule has 0 amide bonds. The summed E-state index contributed by atoms with van der Waals surface area (Å²) in [7, 11) is -1.69. The molecule has 0 saturated carbocycles. The van der Waals surface area contributed by atoms with Crippen LogP contribution in [0.4, 0.5) is 14.5 Å². The first-order valence-corrected chi connectivity index (χ1v) is 7.62. The van der Waals surface area contributed by atoms with E-state index in [4.69, 9.17) is 0 Å². The van der Waals surface area contributed by atoms with E-state index in [-0.39, 0.29) is 5.69 Å². The predicted molar refractivity (Wildman–Crippen MR) is 53.3 cm³/mol. The number of anilines is 1. The lowest BCUT2D eigenvalue weighted by molar-refractivity contribution is 0.591. The highest BCUT2D eigenvalue weighted by atomic mass is 28.3. The summed E-state index contributed by atoms with van der Waals surface area (Å²) in [6, 6.07) is 3.87. The van der Waals surface area contributed by atoms with Crippen molar-refractivity contribution in [2.45, 2.75) is 19.6 Å². The summed E-state index contributed by atoms with van der Waals surface area (Å²) in [6.07, 6.45) is 0. The Hall–Kier alpha value is -0.903. The third-order valence-corrected chi connectivity index (χ3v) is 2.46. The zero-order valence-corrected chi connectivity index (χ0v) is 8.99. The number of halogens is 2. The lowest BCUT2D eigenvalue weighted by atomic mass is 10.3. The molecule has 1 rings (SSSR count). The standard InChI is InChI=1S/C9H13F2NSi/c1-13(2,3)12-9-7(10)5-4-6-8(9)11/h4-6,12H,1-3H3. The van der Waals surface area contributed by atoms with E-state index in [9.17, 15) is 8.78 Å². The maximum absolute atomic E-state index is 13.1. The largest absolute Gasteiger partial charge is 0.406 e. The second kappa shape index (κ2) is 3.45. The lowest BCUT2D eigenvalue weighted by Gasteiger charge is -2.20. The van der Waals surface area contributed by atoms with Gasteiger partial charge in [-0.05, 0) is 12.1 Å². The van der Waals surface area contributed by atoms with Gasteiger partial charge in [0.1, 0.15) is 19.9 Å². The second-order valence-corrected chi connectivity index (χ2v) is 8.72. The van der Waals surface area contributed by atoms with E-state index in [0.29, 0.717) is 0 Å². The average molecular weight is 201 g/mol. The summed E-state index contributed by atoms with van der Waals surface area (Å²) < 4.78 is 26.2. The minimum Gasteiger partial charge on any atom is -0.406 e. The third kappa shape index (κ3) is 2.80. The van der Waals surface area contributed by atoms with Crippen molar-refractivity contribution in [1.29, 1.82) is 0 Å². The summed E-state index contributed by atoms with van der Waals surface area (Å²) in [6.45, 7) is 5.96. The number of nitrogens with one attached hydrogen (secondary N) is 1. The molecule has 0 saturated heterocycles. The molecule has 1 nitrogen and oxygen atoms in total. The van der Waals surface area contributed by atoms with Crippen molar-refractivity contribution in [3.63, 3.8) is 0 Å². The molecule has 0 radical (unpaired) electrons. The Kier molecular flexibility index (Phi) is 2.70. The van der Waals surface area contributed by atoms with Gasteiger partial charge >= 0.3 is 0 Å². The van der Waals surface area contributed by atoms with Gasteiger partial charge in [0.25, 0.3) is 0 Å². The minimum absolute atomic E-state index is 0.00154. The van der Waals surface area contributed by atoms with Gasteiger partial charge < -0.3 is 4.98 Å². The van der Waals surface area contributed by atoms with Crippen LogP contribution in [0.15, 0.2) is 18.2 Å². The molecule has 72 valence electrons. The Bertz CT molecular complexity index is 287. The second-order valence-electron chi connectivity index (χ2n) is 3.97. The van der Waals surface area contributed by atoms with Crippen LogP contribution in [0, 0.1) is 11.6 Å². The van der Waals surface area contributed by atoms with Crippen LogP contribution in [0.1, 0.15) is 0 Å². The molecule has 0 aliphatic rings. The number of hydrogen-bond acceptors (Lipinski definition) is 1. The van der Waals surface area contributed by atoms with Gasteiger partial charge in [-0.3, -0.25) is 0 Å². The van der Waals surface area contributed by atoms with Crippen molar-refractivity contribution in [3.8, 4) is 0 Å². The van der Waals surface area contributed by atoms with Crippen LogP contribution >= 0.6 is 0 Å². The highest BCUT2D eigenvalue weighted by Gasteiger charge is 2.17. The summed E-state index contributed by atoms with van der Waals surface area (Å²) in [4.78, 5) is 2.91. The van der Waals surface area contributed by atoms with Crippen molar-refractivity contribution in [2.24, 2.45) is 0 Å². The summed E-state index contributed by atoms with van der Waals surface area (Å²) in [5.41, 5.74) is 0.00154. The smallest absolute Gasteiger partial charge is 0.148 e. The van der Waals surface area contributed by atoms with E-state index < -0.39 is 19.9 Å². The van der Waals surface area contributed by atoms with Gasteiger partial charge in [0.2, 0.25) is 0 Å². The first-order chi connectivity index (χ1) is 5.90. The van der Waals surface area contributed by atoms with Gasteiger partial charge in [-0.15, -0.1) is 0 Å². The predicted octanol–water partition coefficient (Wildman–Crippen LogP) is 3.21. The number of rotatable bonds is 2. The van der Waals surface area contributed by atoms with Crippen LogP contribution in [-0.2, 0) is 0 Å². The maximum atomic E-state index is 13.1. The molecule has 4 heteroatoms. The van der Waals surface area contributed by atoms with Crippen LogP contribution in [0.2, 0.25) is 19.6 Å². The molecule has 0 bridgehead atoms. The van der Waals surface area contributed by atoms with Crippen molar-refractivity contribution in [3.05, 3.63) is 29.8 Å². The van der Waals surface area contributed by atoms with Crippen molar-refractivity contribution < 1.29 is 8.78 Å². The topological polar surface area (TPSA) is 12.0 Å². The minimum atomic E-state index is -1.69. The van der Waals surface area contributed by atoms with Gasteiger partial charge in [-0.2, -0.15) is 0 Å². The van der Waals surface area contributed by atoms with Gasteiger partial charge in [0.15, 0.2) is 0 Å². The zero-order valence-electron chi connectivity index (χ0n) is 7.99. The number of benzene rings is 1. The van der Waals surface area contributed by atoms with Gasteiger partial charge in [-0.1, -0.05) is 25.7 Å². The fourth-order valence-corrected chi connectivity index (χ4v) is 1.98. The zero-order chi connectivity index (χ0) is 10.1. The molecular weight excluding hydrogens is 188 g/mol. The molecule has 0 aliphatic heterocycles. The summed E-state index contributed by atoms with van der Waals surface area (Å²) in [5.74, 6) is -1.05. The number of para-hydroxylation sites is 1. The van der Waals surface area contributed by atoms with Crippen LogP contribution in [0.25, 0.3) is 0 Å². The molecular formula is C9H13F2NSi. The number of hydrogen-bond donors (Lipinski definition) is 1. The SMILES string of the molecule is C[Si](C)(C)Nc1c(F)cccc1F. The van der Waals surface area contributed by atoms with E-state index in [1.54, 1.807) is 0 Å². The molecule has 0 aliphatic carbocycles. The Labute approximate surface area is 77.9 Å². The fraction of sp³-hybridized carbons (Fsp3) is 0.333. The Morgan fingerprint density at radius 2 is 1.54 bits per heavy atom. The highest BCUT2D eigenvalue weighted by molar-refractivity contribution is 6.79. The fourth-order valence-electron chi connectivity index (χ4n) is 0.992. The van der Waals surface area contributed by atoms with Crippen LogP contribution in [0.3, 0.4) is 0 Å². The molecule has 0 unspecified atom stereocenters. The molecule has 0 aromatic heterocycles. The molecule has 1 aromatic carbocycles. The van der Waals surface area contributed by atoms with Crippen molar-refractivity contribution >= 4 is 13.9 Å². The van der Waals surface area contributed by atoms with E-state index in [1.807, 2.05) is 19.6 Å². The van der Waals surface area contributed by atoms with E-state index in [1.165, 1.54) is 18.2 Å². The van der Waals surface area contributed by atoms with Gasteiger partial charge in [0, 0.05) is 0 Å². The Balaban J connectivity index is 3.00. The normalized spacial score (nSPS) is 11.5. The first kappa shape index (κ1) is 10.2. The van der Waals surface area contributed by atoms with E-state index in [0.717, 1.165) is 0 Å². The Morgan fingerprint density at radius 3 is 1.92 bits per heavy atom. The highest BCUT2D eigenvalue weighted by Crippen LogP contribution is 2.20. The van der Waals surface area contributed by atoms with Crippen LogP contribution < -0.4 is 4.98 Å². The third-order valence-electron chi connectivity index (χ3n) is 1.46. The Morgan fingerprint density at radius 1 is 1.08 bits per heavy atom. The first-order valence-electron chi connectivity index (χ1n) is 4.12. The van der Waals surface area contributed by atoms with Gasteiger partial charge in [0.05, 0.1) is 5.69 Å². The van der Waals surface area contributed by atoms with Crippen LogP contribution in [-0.4, -0.2) is 8.24 Å². The molecule has 13 heavy (non-hydrogen) atoms. The van der Waals surface area contributed by atoms with Crippen molar-refractivity contribution in [1.82, 2.24) is 0 Å².